The molecule has 0 atom stereocenters. The minimum atomic E-state index is -0.526. The van der Waals surface area contributed by atoms with Gasteiger partial charge in [0.15, 0.2) is 0 Å². The van der Waals surface area contributed by atoms with Crippen molar-refractivity contribution in [3.63, 3.8) is 0 Å². The lowest BCUT2D eigenvalue weighted by Gasteiger charge is -2.24. The second-order valence-electron chi connectivity index (χ2n) is 4.29. The first-order valence-electron chi connectivity index (χ1n) is 6.16. The van der Waals surface area contributed by atoms with Crippen molar-refractivity contribution in [1.29, 1.82) is 0 Å². The number of hydrogen-bond acceptors (Lipinski definition) is 12. The maximum absolute atomic E-state index is 3.84. The number of aromatic nitrogens is 16. The summed E-state index contributed by atoms with van der Waals surface area (Å²) in [6, 6.07) is 0. The fourth-order valence-corrected chi connectivity index (χ4v) is 2.05. The Bertz CT molecular complexity index is 659. The van der Waals surface area contributed by atoms with E-state index < -0.39 is 11.8 Å². The zero-order valence-corrected chi connectivity index (χ0v) is 11.0. The summed E-state index contributed by atoms with van der Waals surface area (Å²) in [7, 11) is 0. The van der Waals surface area contributed by atoms with Gasteiger partial charge < -0.3 is 20.4 Å². The highest BCUT2D eigenvalue weighted by Crippen LogP contribution is 2.31. The Morgan fingerprint density at radius 2 is 0.826 bits per heavy atom. The van der Waals surface area contributed by atoms with Gasteiger partial charge in [0.05, 0.1) is 0 Å². The third kappa shape index (κ3) is 2.47. The van der Waals surface area contributed by atoms with Crippen molar-refractivity contribution in [2.75, 3.05) is 0 Å². The van der Waals surface area contributed by atoms with Crippen LogP contribution in [0.5, 0.6) is 0 Å². The second kappa shape index (κ2) is 5.58. The van der Waals surface area contributed by atoms with Gasteiger partial charge in [-0.15, -0.1) is 0 Å². The summed E-state index contributed by atoms with van der Waals surface area (Å²) in [4.78, 5) is 0. The average molecular weight is 312 g/mol. The molecule has 0 saturated carbocycles. The van der Waals surface area contributed by atoms with Gasteiger partial charge in [0.1, 0.15) is 0 Å². The van der Waals surface area contributed by atoms with E-state index in [9.17, 15) is 0 Å². The molecular formula is C7H4N16-4. The first-order valence-corrected chi connectivity index (χ1v) is 6.16. The molecule has 16 heteroatoms. The van der Waals surface area contributed by atoms with Gasteiger partial charge in [-0.25, -0.2) is 0 Å². The molecule has 0 saturated heterocycles. The van der Waals surface area contributed by atoms with E-state index in [0.29, 0.717) is 23.3 Å². The number of tetrazole rings is 4. The molecule has 4 aromatic heterocycles. The molecule has 0 aromatic carbocycles. The maximum atomic E-state index is 3.84. The first-order chi connectivity index (χ1) is 11.4. The lowest BCUT2D eigenvalue weighted by atomic mass is 9.92. The van der Waals surface area contributed by atoms with Gasteiger partial charge in [-0.05, 0) is 6.42 Å². The molecule has 116 valence electrons. The van der Waals surface area contributed by atoms with E-state index in [-0.39, 0.29) is 6.42 Å². The Morgan fingerprint density at radius 1 is 0.522 bits per heavy atom. The van der Waals surface area contributed by atoms with E-state index in [0.717, 1.165) is 0 Å². The monoisotopic (exact) mass is 312 g/mol. The Hall–Kier alpha value is -3.72. The minimum absolute atomic E-state index is 0.279. The number of rotatable bonds is 6. The molecule has 0 spiro atoms. The Labute approximate surface area is 125 Å². The lowest BCUT2D eigenvalue weighted by Crippen LogP contribution is -2.16. The van der Waals surface area contributed by atoms with Crippen LogP contribution in [-0.4, -0.2) is 62.1 Å². The van der Waals surface area contributed by atoms with Crippen molar-refractivity contribution in [2.24, 2.45) is 0 Å². The van der Waals surface area contributed by atoms with Gasteiger partial charge in [0.2, 0.25) is 0 Å². The lowest BCUT2D eigenvalue weighted by molar-refractivity contribution is 0.548. The van der Waals surface area contributed by atoms with Crippen molar-refractivity contribution >= 4 is 0 Å². The summed E-state index contributed by atoms with van der Waals surface area (Å²) in [6.07, 6.45) is 0.279. The summed E-state index contributed by atoms with van der Waals surface area (Å²) >= 11 is 0. The molecule has 0 N–H and O–H groups in total. The van der Waals surface area contributed by atoms with Gasteiger partial charge >= 0.3 is 0 Å². The van der Waals surface area contributed by atoms with Crippen LogP contribution in [0.15, 0.2) is 0 Å². The molecule has 4 rings (SSSR count). The van der Waals surface area contributed by atoms with Crippen molar-refractivity contribution in [3.8, 4) is 0 Å². The maximum Gasteiger partial charge on any atom is 0.0234 e. The average Bonchev–Trinajstić information content (AvgIpc) is 3.35. The third-order valence-electron chi connectivity index (χ3n) is 3.06. The molecule has 0 radical (unpaired) electrons. The third-order valence-corrected chi connectivity index (χ3v) is 3.06. The fourth-order valence-electron chi connectivity index (χ4n) is 2.05. The van der Waals surface area contributed by atoms with Crippen molar-refractivity contribution in [3.05, 3.63) is 23.3 Å². The van der Waals surface area contributed by atoms with E-state index in [2.05, 4.69) is 82.5 Å². The molecule has 0 amide bonds. The molecule has 4 aromatic rings. The fraction of sp³-hybridized carbons (Fsp3) is 0.429. The predicted octanol–water partition coefficient (Wildman–Crippen LogP) is -4.39. The Balaban J connectivity index is 1.71. The second-order valence-corrected chi connectivity index (χ2v) is 4.29. The number of hydrogen-bond donors (Lipinski definition) is 0. The summed E-state index contributed by atoms with van der Waals surface area (Å²) in [6.45, 7) is 0. The zero-order chi connectivity index (χ0) is 15.5. The van der Waals surface area contributed by atoms with Crippen LogP contribution < -0.4 is 20.4 Å². The zero-order valence-electron chi connectivity index (χ0n) is 11.0. The topological polar surface area (TPSA) is 211 Å². The molecule has 0 aliphatic rings. The Kier molecular flexibility index (Phi) is 3.15. The van der Waals surface area contributed by atoms with Crippen LogP contribution in [0.25, 0.3) is 0 Å². The van der Waals surface area contributed by atoms with Crippen LogP contribution in [0.1, 0.15) is 41.6 Å². The molecule has 4 heterocycles. The van der Waals surface area contributed by atoms with E-state index >= 15 is 0 Å². The van der Waals surface area contributed by atoms with Crippen molar-refractivity contribution < 1.29 is 0 Å². The molecular weight excluding hydrogens is 308 g/mol. The van der Waals surface area contributed by atoms with Gasteiger partial charge in [-0.3, -0.25) is 41.2 Å². The van der Waals surface area contributed by atoms with Crippen molar-refractivity contribution in [2.45, 2.75) is 18.3 Å². The number of nitrogens with zero attached hydrogens (tertiary/aromatic N) is 16. The summed E-state index contributed by atoms with van der Waals surface area (Å²) in [5.41, 5.74) is 0. The van der Waals surface area contributed by atoms with Crippen LogP contribution in [-0.2, 0) is 0 Å². The largest absolute Gasteiger partial charge is 0.335 e. The molecule has 0 unspecified atom stereocenters. The molecule has 0 aliphatic heterocycles. The highest BCUT2D eigenvalue weighted by Gasteiger charge is 2.22. The van der Waals surface area contributed by atoms with Gasteiger partial charge in [-0.2, -0.15) is 20.9 Å². The van der Waals surface area contributed by atoms with Crippen molar-refractivity contribution in [1.82, 2.24) is 82.5 Å². The van der Waals surface area contributed by atoms with E-state index in [4.69, 9.17) is 0 Å². The smallest absolute Gasteiger partial charge is 0.0234 e. The van der Waals surface area contributed by atoms with E-state index in [1.165, 1.54) is 0 Å². The summed E-state index contributed by atoms with van der Waals surface area (Å²) < 4.78 is 0. The highest BCUT2D eigenvalue weighted by atomic mass is 15.5. The molecule has 0 bridgehead atoms. The van der Waals surface area contributed by atoms with E-state index in [1.54, 1.807) is 0 Å². The van der Waals surface area contributed by atoms with Gasteiger partial charge in [0.25, 0.3) is 0 Å². The summed E-state index contributed by atoms with van der Waals surface area (Å²) in [5, 5.41) is 58.4. The normalized spacial score (nSPS) is 11.6. The predicted molar refractivity (Wildman–Crippen MR) is 60.9 cm³/mol. The van der Waals surface area contributed by atoms with E-state index in [1.807, 2.05) is 0 Å². The molecule has 0 fully saturated rings. The molecule has 16 nitrogen and oxygen atoms in total. The van der Waals surface area contributed by atoms with Crippen LogP contribution in [0, 0.1) is 0 Å². The summed E-state index contributed by atoms with van der Waals surface area (Å²) in [5.74, 6) is 0.132. The highest BCUT2D eigenvalue weighted by molar-refractivity contribution is 5.14. The molecule has 0 aliphatic carbocycles. The van der Waals surface area contributed by atoms with Crippen LogP contribution >= 0.6 is 0 Å². The standard InChI is InChI=1S/C7H4N16/c1(2(4-8-16-17-9-4)5-10-18-19-11-5)3(6-12-20-21-13-6)7-14-22-23-15-7/h2-3H,1H2/q-4. The van der Waals surface area contributed by atoms with Crippen LogP contribution in [0.3, 0.4) is 0 Å². The van der Waals surface area contributed by atoms with Crippen LogP contribution in [0.4, 0.5) is 0 Å². The molecule has 23 heavy (non-hydrogen) atoms. The van der Waals surface area contributed by atoms with Crippen LogP contribution in [0.2, 0.25) is 0 Å². The first kappa shape index (κ1) is 13.0. The SMILES string of the molecule is C(C(c1nnn[n-]1)c1nnn[n-]1)C(c1nnn[n-]1)c1nnn[n-]1. The quantitative estimate of drug-likeness (QED) is 0.328. The van der Waals surface area contributed by atoms with Gasteiger partial charge in [0, 0.05) is 35.1 Å². The van der Waals surface area contributed by atoms with Gasteiger partial charge in [-0.1, -0.05) is 0 Å². The minimum Gasteiger partial charge on any atom is -0.335 e. The Morgan fingerprint density at radius 3 is 1.04 bits per heavy atom.